The van der Waals surface area contributed by atoms with Gasteiger partial charge in [0.2, 0.25) is 11.8 Å². The third-order valence-electron chi connectivity index (χ3n) is 5.24. The minimum atomic E-state index is -0.440. The van der Waals surface area contributed by atoms with E-state index in [1.54, 1.807) is 30.3 Å². The first-order chi connectivity index (χ1) is 15.5. The lowest BCUT2D eigenvalue weighted by atomic mass is 10.2. The Kier molecular flexibility index (Phi) is 6.44. The lowest BCUT2D eigenvalue weighted by Gasteiger charge is -2.21. The summed E-state index contributed by atoms with van der Waals surface area (Å²) in [6.45, 7) is 3.49. The van der Waals surface area contributed by atoms with Crippen molar-refractivity contribution in [2.75, 3.05) is 31.6 Å². The Hall–Kier alpha value is -3.75. The van der Waals surface area contributed by atoms with Gasteiger partial charge in [0.1, 0.15) is 13.2 Å². The molecule has 2 amide bonds. The number of nitrogens with zero attached hydrogens (tertiary/aromatic N) is 2. The van der Waals surface area contributed by atoms with Crippen molar-refractivity contribution >= 4 is 28.6 Å². The van der Waals surface area contributed by atoms with E-state index in [2.05, 4.69) is 5.32 Å². The van der Waals surface area contributed by atoms with Crippen LogP contribution in [0.3, 0.4) is 0 Å². The summed E-state index contributed by atoms with van der Waals surface area (Å²) in [5.74, 6) is 0.341. The van der Waals surface area contributed by atoms with Gasteiger partial charge in [-0.3, -0.25) is 14.2 Å². The van der Waals surface area contributed by atoms with Gasteiger partial charge in [0.05, 0.1) is 12.1 Å². The number of aromatic nitrogens is 1. The largest absolute Gasteiger partial charge is 0.486 e. The van der Waals surface area contributed by atoms with Crippen LogP contribution in [0, 0.1) is 0 Å². The second kappa shape index (κ2) is 9.59. The van der Waals surface area contributed by atoms with Crippen LogP contribution >= 0.6 is 0 Å². The number of ether oxygens (including phenoxy) is 2. The zero-order chi connectivity index (χ0) is 22.5. The normalized spacial score (nSPS) is 12.5. The molecule has 9 nitrogen and oxygen atoms in total. The fourth-order valence-electron chi connectivity index (χ4n) is 3.64. The first kappa shape index (κ1) is 21.5. The quantitative estimate of drug-likeness (QED) is 0.579. The Morgan fingerprint density at radius 2 is 1.88 bits per heavy atom. The molecule has 2 aromatic carbocycles. The molecule has 168 valence electrons. The summed E-state index contributed by atoms with van der Waals surface area (Å²) in [6, 6.07) is 12.4. The maximum absolute atomic E-state index is 12.6. The van der Waals surface area contributed by atoms with Crippen LogP contribution in [0.5, 0.6) is 11.5 Å². The molecular formula is C23H25N3O6. The van der Waals surface area contributed by atoms with E-state index in [9.17, 15) is 14.4 Å². The van der Waals surface area contributed by atoms with E-state index in [1.165, 1.54) is 9.47 Å². The Morgan fingerprint density at radius 1 is 1.09 bits per heavy atom. The van der Waals surface area contributed by atoms with Crippen molar-refractivity contribution in [3.8, 4) is 11.5 Å². The van der Waals surface area contributed by atoms with Crippen LogP contribution in [0.15, 0.2) is 51.7 Å². The summed E-state index contributed by atoms with van der Waals surface area (Å²) in [7, 11) is 0. The molecule has 0 atom stereocenters. The molecule has 0 fully saturated rings. The van der Waals surface area contributed by atoms with Crippen molar-refractivity contribution in [3.63, 3.8) is 0 Å². The molecule has 0 saturated heterocycles. The van der Waals surface area contributed by atoms with Crippen LogP contribution in [0.1, 0.15) is 19.8 Å². The first-order valence-corrected chi connectivity index (χ1v) is 10.6. The van der Waals surface area contributed by atoms with Gasteiger partial charge in [0.15, 0.2) is 17.1 Å². The highest BCUT2D eigenvalue weighted by Gasteiger charge is 2.18. The summed E-state index contributed by atoms with van der Waals surface area (Å²) in [5, 5.41) is 2.79. The number of hydrogen-bond donors (Lipinski definition) is 1. The van der Waals surface area contributed by atoms with Crippen molar-refractivity contribution in [2.24, 2.45) is 0 Å². The number of amides is 2. The number of nitrogens with one attached hydrogen (secondary N) is 1. The van der Waals surface area contributed by atoms with Gasteiger partial charge in [-0.1, -0.05) is 12.1 Å². The Labute approximate surface area is 184 Å². The zero-order valence-electron chi connectivity index (χ0n) is 17.8. The van der Waals surface area contributed by atoms with Crippen LogP contribution in [-0.4, -0.2) is 47.6 Å². The van der Waals surface area contributed by atoms with Gasteiger partial charge in [-0.15, -0.1) is 0 Å². The molecule has 0 unspecified atom stereocenters. The van der Waals surface area contributed by atoms with Crippen molar-refractivity contribution in [1.82, 2.24) is 9.47 Å². The Morgan fingerprint density at radius 3 is 2.69 bits per heavy atom. The molecule has 2 heterocycles. The van der Waals surface area contributed by atoms with E-state index in [4.69, 9.17) is 13.9 Å². The monoisotopic (exact) mass is 439 g/mol. The number of anilines is 1. The second-order valence-electron chi connectivity index (χ2n) is 7.41. The van der Waals surface area contributed by atoms with Gasteiger partial charge in [0, 0.05) is 31.3 Å². The summed E-state index contributed by atoms with van der Waals surface area (Å²) in [5.41, 5.74) is 1.81. The number of aryl methyl sites for hydroxylation is 1. The molecule has 9 heteroatoms. The number of benzene rings is 2. The molecule has 1 aliphatic heterocycles. The fourth-order valence-corrected chi connectivity index (χ4v) is 3.64. The van der Waals surface area contributed by atoms with Crippen LogP contribution in [0.2, 0.25) is 0 Å². The van der Waals surface area contributed by atoms with E-state index in [1.807, 2.05) is 19.1 Å². The highest BCUT2D eigenvalue weighted by atomic mass is 16.6. The predicted octanol–water partition coefficient (Wildman–Crippen LogP) is 2.63. The predicted molar refractivity (Wildman–Crippen MR) is 118 cm³/mol. The van der Waals surface area contributed by atoms with Crippen molar-refractivity contribution in [2.45, 2.75) is 26.3 Å². The molecule has 0 saturated carbocycles. The number of carbonyl (C=O) groups is 2. The highest BCUT2D eigenvalue weighted by Crippen LogP contribution is 2.32. The molecule has 3 aromatic rings. The van der Waals surface area contributed by atoms with E-state index in [0.717, 1.165) is 0 Å². The molecule has 32 heavy (non-hydrogen) atoms. The summed E-state index contributed by atoms with van der Waals surface area (Å²) < 4.78 is 17.7. The van der Waals surface area contributed by atoms with E-state index in [-0.39, 0.29) is 24.8 Å². The number of fused-ring (bicyclic) bond motifs is 2. The lowest BCUT2D eigenvalue weighted by Crippen LogP contribution is -2.37. The van der Waals surface area contributed by atoms with Crippen LogP contribution < -0.4 is 20.5 Å². The second-order valence-corrected chi connectivity index (χ2v) is 7.41. The summed E-state index contributed by atoms with van der Waals surface area (Å²) in [6.07, 6.45) is 0.680. The van der Waals surface area contributed by atoms with Gasteiger partial charge in [-0.25, -0.2) is 4.79 Å². The fraction of sp³-hybridized carbons (Fsp3) is 0.348. The minimum absolute atomic E-state index is 0.0572. The third kappa shape index (κ3) is 4.77. The standard InChI is InChI=1S/C23H25N3O6/c1-2-25(15-21(27)24-16-9-10-19-20(14-16)31-13-12-30-19)22(28)8-5-11-26-17-6-3-4-7-18(17)32-23(26)29/h3-4,6-7,9-10,14H,2,5,8,11-13,15H2,1H3,(H,24,27). The van der Waals surface area contributed by atoms with Crippen LogP contribution in [-0.2, 0) is 16.1 Å². The van der Waals surface area contributed by atoms with Crippen molar-refractivity contribution in [1.29, 1.82) is 0 Å². The zero-order valence-corrected chi connectivity index (χ0v) is 17.8. The van der Waals surface area contributed by atoms with E-state index in [0.29, 0.717) is 61.0 Å². The number of hydrogen-bond acceptors (Lipinski definition) is 6. The number of para-hydroxylation sites is 2. The Balaban J connectivity index is 1.30. The Bertz CT molecular complexity index is 1180. The lowest BCUT2D eigenvalue weighted by molar-refractivity contribution is -0.134. The molecule has 0 radical (unpaired) electrons. The van der Waals surface area contributed by atoms with Crippen LogP contribution in [0.25, 0.3) is 11.1 Å². The van der Waals surface area contributed by atoms with E-state index >= 15 is 0 Å². The average Bonchev–Trinajstić information content (AvgIpc) is 3.12. The topological polar surface area (TPSA) is 103 Å². The SMILES string of the molecule is CCN(CC(=O)Nc1ccc2c(c1)OCCO2)C(=O)CCCn1c(=O)oc2ccccc21. The molecule has 0 spiro atoms. The molecule has 0 aliphatic carbocycles. The average molecular weight is 439 g/mol. The summed E-state index contributed by atoms with van der Waals surface area (Å²) >= 11 is 0. The minimum Gasteiger partial charge on any atom is -0.486 e. The molecule has 1 aromatic heterocycles. The third-order valence-corrected chi connectivity index (χ3v) is 5.24. The highest BCUT2D eigenvalue weighted by molar-refractivity contribution is 5.94. The number of oxazole rings is 1. The molecule has 1 aliphatic rings. The number of carbonyl (C=O) groups excluding carboxylic acids is 2. The molecule has 0 bridgehead atoms. The maximum Gasteiger partial charge on any atom is 0.419 e. The van der Waals surface area contributed by atoms with Crippen LogP contribution in [0.4, 0.5) is 5.69 Å². The summed E-state index contributed by atoms with van der Waals surface area (Å²) in [4.78, 5) is 38.6. The van der Waals surface area contributed by atoms with Gasteiger partial charge < -0.3 is 24.1 Å². The van der Waals surface area contributed by atoms with Gasteiger partial charge >= 0.3 is 5.76 Å². The van der Waals surface area contributed by atoms with Crippen molar-refractivity contribution < 1.29 is 23.5 Å². The van der Waals surface area contributed by atoms with Gasteiger partial charge in [0.25, 0.3) is 0 Å². The first-order valence-electron chi connectivity index (χ1n) is 10.6. The van der Waals surface area contributed by atoms with Gasteiger partial charge in [-0.2, -0.15) is 0 Å². The smallest absolute Gasteiger partial charge is 0.419 e. The van der Waals surface area contributed by atoms with E-state index < -0.39 is 5.76 Å². The number of likely N-dealkylation sites (N-methyl/N-ethyl adjacent to an activating group) is 1. The molecule has 4 rings (SSSR count). The maximum atomic E-state index is 12.6. The van der Waals surface area contributed by atoms with Crippen molar-refractivity contribution in [3.05, 3.63) is 53.0 Å². The molecular weight excluding hydrogens is 414 g/mol. The number of rotatable bonds is 8. The molecule has 1 N–H and O–H groups in total. The van der Waals surface area contributed by atoms with Gasteiger partial charge in [-0.05, 0) is 37.6 Å².